The molecule has 2 rings (SSSR count). The fourth-order valence-electron chi connectivity index (χ4n) is 2.09. The Labute approximate surface area is 106 Å². The summed E-state index contributed by atoms with van der Waals surface area (Å²) in [6.07, 6.45) is 4.02. The van der Waals surface area contributed by atoms with Gasteiger partial charge in [-0.3, -0.25) is 4.68 Å². The van der Waals surface area contributed by atoms with Crippen molar-refractivity contribution in [3.63, 3.8) is 0 Å². The van der Waals surface area contributed by atoms with E-state index in [1.54, 1.807) is 0 Å². The van der Waals surface area contributed by atoms with E-state index in [0.717, 1.165) is 12.8 Å². The molecule has 0 saturated heterocycles. The lowest BCUT2D eigenvalue weighted by molar-refractivity contribution is 0.541. The zero-order valence-electron chi connectivity index (χ0n) is 10.6. The molecule has 2 aromatic rings. The van der Waals surface area contributed by atoms with Crippen LogP contribution in [0.2, 0.25) is 0 Å². The van der Waals surface area contributed by atoms with Crippen molar-refractivity contribution in [2.24, 2.45) is 7.05 Å². The molecule has 1 unspecified atom stereocenters. The van der Waals surface area contributed by atoms with Crippen molar-refractivity contribution in [3.05, 3.63) is 39.8 Å². The van der Waals surface area contributed by atoms with Gasteiger partial charge < -0.3 is 5.32 Å². The average molecular weight is 249 g/mol. The molecule has 92 valence electrons. The molecule has 0 spiro atoms. The van der Waals surface area contributed by atoms with Crippen LogP contribution in [0.25, 0.3) is 0 Å². The molecule has 0 aromatic carbocycles. The number of thiophene rings is 1. The first kappa shape index (κ1) is 12.3. The molecular formula is C13H19N3S. The van der Waals surface area contributed by atoms with Crippen LogP contribution in [0.5, 0.6) is 0 Å². The lowest BCUT2D eigenvalue weighted by Gasteiger charge is -2.15. The van der Waals surface area contributed by atoms with E-state index in [9.17, 15) is 0 Å². The Balaban J connectivity index is 2.02. The summed E-state index contributed by atoms with van der Waals surface area (Å²) in [6.45, 7) is 2.18. The van der Waals surface area contributed by atoms with Crippen molar-refractivity contribution in [2.75, 3.05) is 7.05 Å². The van der Waals surface area contributed by atoms with E-state index >= 15 is 0 Å². The third-order valence-corrected chi connectivity index (χ3v) is 4.31. The molecule has 0 aliphatic carbocycles. The second kappa shape index (κ2) is 5.47. The van der Waals surface area contributed by atoms with E-state index in [2.05, 4.69) is 34.9 Å². The maximum Gasteiger partial charge on any atom is 0.0492 e. The molecule has 0 bridgehead atoms. The predicted molar refractivity (Wildman–Crippen MR) is 72.4 cm³/mol. The molecule has 0 aliphatic heterocycles. The first-order valence-corrected chi connectivity index (χ1v) is 6.78. The highest BCUT2D eigenvalue weighted by molar-refractivity contribution is 7.10. The topological polar surface area (TPSA) is 29.9 Å². The Morgan fingerprint density at radius 3 is 2.82 bits per heavy atom. The molecule has 2 aromatic heterocycles. The number of nitrogens with one attached hydrogen (secondary N) is 1. The molecule has 1 atom stereocenters. The molecular weight excluding hydrogens is 230 g/mol. The Bertz CT molecular complexity index is 472. The summed E-state index contributed by atoms with van der Waals surface area (Å²) in [5, 5.41) is 9.77. The molecule has 0 amide bonds. The van der Waals surface area contributed by atoms with Crippen molar-refractivity contribution in [3.8, 4) is 0 Å². The molecule has 3 nitrogen and oxygen atoms in total. The summed E-state index contributed by atoms with van der Waals surface area (Å²) in [4.78, 5) is 1.45. The number of hydrogen-bond donors (Lipinski definition) is 1. The monoisotopic (exact) mass is 249 g/mol. The van der Waals surface area contributed by atoms with Gasteiger partial charge in [0.05, 0.1) is 0 Å². The van der Waals surface area contributed by atoms with E-state index < -0.39 is 0 Å². The van der Waals surface area contributed by atoms with Crippen LogP contribution in [-0.4, -0.2) is 16.8 Å². The molecule has 4 heteroatoms. The largest absolute Gasteiger partial charge is 0.312 e. The summed E-state index contributed by atoms with van der Waals surface area (Å²) >= 11 is 1.84. The van der Waals surface area contributed by atoms with Crippen molar-refractivity contribution >= 4 is 11.3 Å². The molecule has 0 radical (unpaired) electrons. The fraction of sp³-hybridized carbons (Fsp3) is 0.462. The summed E-state index contributed by atoms with van der Waals surface area (Å²) < 4.78 is 1.95. The van der Waals surface area contributed by atoms with Gasteiger partial charge in [0.2, 0.25) is 0 Å². The van der Waals surface area contributed by atoms with E-state index in [-0.39, 0.29) is 0 Å². The van der Waals surface area contributed by atoms with Gasteiger partial charge in [-0.2, -0.15) is 5.10 Å². The predicted octanol–water partition coefficient (Wildman–Crippen LogP) is 2.68. The Morgan fingerprint density at radius 2 is 2.29 bits per heavy atom. The highest BCUT2D eigenvalue weighted by Gasteiger charge is 2.13. The van der Waals surface area contributed by atoms with Gasteiger partial charge in [0.25, 0.3) is 0 Å². The first-order valence-electron chi connectivity index (χ1n) is 5.90. The Kier molecular flexibility index (Phi) is 3.97. The minimum Gasteiger partial charge on any atom is -0.312 e. The van der Waals surface area contributed by atoms with Crippen LogP contribution in [0.15, 0.2) is 23.7 Å². The van der Waals surface area contributed by atoms with Gasteiger partial charge in [0.1, 0.15) is 0 Å². The van der Waals surface area contributed by atoms with Crippen LogP contribution in [-0.2, 0) is 13.5 Å². The lowest BCUT2D eigenvalue weighted by atomic mass is 10.1. The van der Waals surface area contributed by atoms with Crippen LogP contribution in [0.4, 0.5) is 0 Å². The second-order valence-corrected chi connectivity index (χ2v) is 5.24. The highest BCUT2D eigenvalue weighted by atomic mass is 32.1. The van der Waals surface area contributed by atoms with Gasteiger partial charge in [0, 0.05) is 29.9 Å². The third-order valence-electron chi connectivity index (χ3n) is 3.18. The Hall–Kier alpha value is -1.13. The van der Waals surface area contributed by atoms with E-state index in [0.29, 0.717) is 6.04 Å². The van der Waals surface area contributed by atoms with Gasteiger partial charge in [-0.25, -0.2) is 0 Å². The highest BCUT2D eigenvalue weighted by Crippen LogP contribution is 2.26. The van der Waals surface area contributed by atoms with Crippen molar-refractivity contribution in [1.29, 1.82) is 0 Å². The average Bonchev–Trinajstić information content (AvgIpc) is 2.90. The fourth-order valence-corrected chi connectivity index (χ4v) is 3.16. The minimum absolute atomic E-state index is 0.449. The minimum atomic E-state index is 0.449. The first-order chi connectivity index (χ1) is 8.22. The third kappa shape index (κ3) is 2.76. The molecule has 0 fully saturated rings. The SMILES string of the molecule is CNC(CCc1ccnn1C)c1sccc1C. The van der Waals surface area contributed by atoms with Crippen LogP contribution < -0.4 is 5.32 Å². The van der Waals surface area contributed by atoms with E-state index in [1.165, 1.54) is 16.1 Å². The number of hydrogen-bond acceptors (Lipinski definition) is 3. The smallest absolute Gasteiger partial charge is 0.0492 e. The molecule has 2 heterocycles. The maximum absolute atomic E-state index is 4.20. The van der Waals surface area contributed by atoms with E-state index in [4.69, 9.17) is 0 Å². The van der Waals surface area contributed by atoms with Crippen LogP contribution >= 0.6 is 11.3 Å². The van der Waals surface area contributed by atoms with Gasteiger partial charge in [-0.05, 0) is 49.9 Å². The van der Waals surface area contributed by atoms with E-state index in [1.807, 2.05) is 36.3 Å². The lowest BCUT2D eigenvalue weighted by Crippen LogP contribution is -2.17. The number of aromatic nitrogens is 2. The van der Waals surface area contributed by atoms with Gasteiger partial charge >= 0.3 is 0 Å². The molecule has 0 saturated carbocycles. The maximum atomic E-state index is 4.20. The molecule has 1 N–H and O–H groups in total. The number of nitrogens with zero attached hydrogens (tertiary/aromatic N) is 2. The van der Waals surface area contributed by atoms with Gasteiger partial charge in [-0.15, -0.1) is 11.3 Å². The normalized spacial score (nSPS) is 12.9. The van der Waals surface area contributed by atoms with Gasteiger partial charge in [0.15, 0.2) is 0 Å². The summed E-state index contributed by atoms with van der Waals surface area (Å²) in [5.74, 6) is 0. The zero-order valence-corrected chi connectivity index (χ0v) is 11.4. The summed E-state index contributed by atoms with van der Waals surface area (Å²) in [6, 6.07) is 4.73. The van der Waals surface area contributed by atoms with Gasteiger partial charge in [-0.1, -0.05) is 0 Å². The van der Waals surface area contributed by atoms with Crippen molar-refractivity contribution < 1.29 is 0 Å². The van der Waals surface area contributed by atoms with Crippen LogP contribution in [0.1, 0.15) is 28.6 Å². The summed E-state index contributed by atoms with van der Waals surface area (Å²) in [5.41, 5.74) is 2.68. The van der Waals surface area contributed by atoms with Crippen molar-refractivity contribution in [2.45, 2.75) is 25.8 Å². The molecule has 0 aliphatic rings. The van der Waals surface area contributed by atoms with Crippen LogP contribution in [0, 0.1) is 6.92 Å². The zero-order chi connectivity index (χ0) is 12.3. The molecule has 17 heavy (non-hydrogen) atoms. The standard InChI is InChI=1S/C13H19N3S/c1-10-7-9-17-13(10)12(14-2)5-4-11-6-8-15-16(11)3/h6-9,12,14H,4-5H2,1-3H3. The van der Waals surface area contributed by atoms with Crippen molar-refractivity contribution in [1.82, 2.24) is 15.1 Å². The number of rotatable bonds is 5. The Morgan fingerprint density at radius 1 is 1.47 bits per heavy atom. The number of aryl methyl sites for hydroxylation is 3. The van der Waals surface area contributed by atoms with Crippen LogP contribution in [0.3, 0.4) is 0 Å². The second-order valence-electron chi connectivity index (χ2n) is 4.29. The quantitative estimate of drug-likeness (QED) is 0.883. The summed E-state index contributed by atoms with van der Waals surface area (Å²) in [7, 11) is 4.03.